The van der Waals surface area contributed by atoms with Gasteiger partial charge in [-0.3, -0.25) is 0 Å². The van der Waals surface area contributed by atoms with Crippen LogP contribution in [0.3, 0.4) is 0 Å². The van der Waals surface area contributed by atoms with Crippen LogP contribution in [0.5, 0.6) is 0 Å². The van der Waals surface area contributed by atoms with Crippen molar-refractivity contribution in [3.8, 4) is 39.7 Å². The molecule has 0 aliphatic heterocycles. The van der Waals surface area contributed by atoms with Gasteiger partial charge in [-0.1, -0.05) is 91.0 Å². The molecular formula is C45H25N5. The number of nitrogens with zero attached hydrogens (tertiary/aromatic N) is 5. The second-order valence-electron chi connectivity index (χ2n) is 12.3. The molecule has 0 radical (unpaired) electrons. The first-order valence-electron chi connectivity index (χ1n) is 16.2. The quantitative estimate of drug-likeness (QED) is 0.177. The third-order valence-corrected chi connectivity index (χ3v) is 9.58. The molecule has 7 aromatic carbocycles. The summed E-state index contributed by atoms with van der Waals surface area (Å²) in [4.78, 5) is 7.64. The molecular weight excluding hydrogens is 611 g/mol. The summed E-state index contributed by atoms with van der Waals surface area (Å²) in [5.74, 6) is 0. The molecule has 0 atom stereocenters. The maximum Gasteiger partial charge on any atom is 0.195 e. The number of nitriles is 1. The fraction of sp³-hybridized carbons (Fsp3) is 0. The van der Waals surface area contributed by atoms with E-state index in [0.717, 1.165) is 66.5 Å². The summed E-state index contributed by atoms with van der Waals surface area (Å²) < 4.78 is 4.50. The Morgan fingerprint density at radius 2 is 1.14 bits per heavy atom. The molecule has 5 nitrogen and oxygen atoms in total. The van der Waals surface area contributed by atoms with E-state index < -0.39 is 0 Å². The van der Waals surface area contributed by atoms with Gasteiger partial charge in [0.15, 0.2) is 11.4 Å². The van der Waals surface area contributed by atoms with Crippen molar-refractivity contribution in [1.82, 2.24) is 9.13 Å². The minimum atomic E-state index is 0.540. The number of aromatic nitrogens is 2. The molecule has 50 heavy (non-hydrogen) atoms. The highest BCUT2D eigenvalue weighted by atomic mass is 15.0. The van der Waals surface area contributed by atoms with E-state index in [4.69, 9.17) is 13.1 Å². The van der Waals surface area contributed by atoms with Crippen molar-refractivity contribution in [2.24, 2.45) is 0 Å². The Kier molecular flexibility index (Phi) is 6.56. The first-order chi connectivity index (χ1) is 24.7. The van der Waals surface area contributed by atoms with Gasteiger partial charge in [-0.25, -0.2) is 9.69 Å². The van der Waals surface area contributed by atoms with E-state index in [1.807, 2.05) is 60.7 Å². The van der Waals surface area contributed by atoms with Crippen LogP contribution in [0, 0.1) is 24.5 Å². The highest BCUT2D eigenvalue weighted by Crippen LogP contribution is 2.42. The summed E-state index contributed by atoms with van der Waals surface area (Å²) in [5, 5.41) is 13.9. The molecule has 0 N–H and O–H groups in total. The van der Waals surface area contributed by atoms with E-state index in [1.165, 1.54) is 10.8 Å². The van der Waals surface area contributed by atoms with Crippen LogP contribution in [-0.2, 0) is 0 Å². The molecule has 0 spiro atoms. The minimum absolute atomic E-state index is 0.540. The van der Waals surface area contributed by atoms with Gasteiger partial charge in [0, 0.05) is 21.8 Å². The second kappa shape index (κ2) is 11.4. The fourth-order valence-electron chi connectivity index (χ4n) is 7.36. The summed E-state index contributed by atoms with van der Waals surface area (Å²) in [6.45, 7) is 15.8. The fourth-order valence-corrected chi connectivity index (χ4v) is 7.36. The Morgan fingerprint density at radius 3 is 1.88 bits per heavy atom. The lowest BCUT2D eigenvalue weighted by molar-refractivity contribution is 1.18. The molecule has 9 aromatic rings. The van der Waals surface area contributed by atoms with E-state index in [9.17, 15) is 5.26 Å². The monoisotopic (exact) mass is 635 g/mol. The smallest absolute Gasteiger partial charge is 0.195 e. The largest absolute Gasteiger partial charge is 0.309 e. The maximum atomic E-state index is 9.69. The molecule has 0 aliphatic carbocycles. The SMILES string of the molecule is [C-]#[N+]c1ccc2c(c1)c1cc(C#N)ccc1n2-c1ccccc1-c1cc(-c2cccc(-n3c4ccccc4c4ccccc43)c2)ccc1[N+]#[C-]. The van der Waals surface area contributed by atoms with Crippen molar-refractivity contribution in [3.05, 3.63) is 180 Å². The molecule has 0 unspecified atom stereocenters. The average molecular weight is 636 g/mol. The first-order valence-corrected chi connectivity index (χ1v) is 16.2. The molecule has 0 fully saturated rings. The van der Waals surface area contributed by atoms with Gasteiger partial charge in [0.05, 0.1) is 52.5 Å². The molecule has 9 rings (SSSR count). The number of rotatable bonds is 4. The third kappa shape index (κ3) is 4.38. The minimum Gasteiger partial charge on any atom is -0.309 e. The van der Waals surface area contributed by atoms with Crippen LogP contribution in [0.1, 0.15) is 5.56 Å². The van der Waals surface area contributed by atoms with Crippen LogP contribution in [0.15, 0.2) is 152 Å². The summed E-state index contributed by atoms with van der Waals surface area (Å²) in [5.41, 5.74) is 11.6. The van der Waals surface area contributed by atoms with Crippen molar-refractivity contribution < 1.29 is 0 Å². The zero-order valence-corrected chi connectivity index (χ0v) is 26.7. The van der Waals surface area contributed by atoms with Crippen molar-refractivity contribution in [2.45, 2.75) is 0 Å². The van der Waals surface area contributed by atoms with Crippen LogP contribution in [0.25, 0.3) is 86.9 Å². The molecule has 2 heterocycles. The standard InChI is InChI=1S/C45H25N5/c1-47-32-20-23-45-39(27-32)38-24-29(28-46)18-22-44(38)50(45)43-17-8-5-14-36(43)37-26-31(19-21-40(37)48-2)30-10-9-11-33(25-30)49-41-15-6-3-12-34(41)35-13-4-7-16-42(35)49/h3-27H. The van der Waals surface area contributed by atoms with Crippen LogP contribution < -0.4 is 0 Å². The third-order valence-electron chi connectivity index (χ3n) is 9.58. The number of hydrogen-bond acceptors (Lipinski definition) is 1. The highest BCUT2D eigenvalue weighted by Gasteiger charge is 2.19. The molecule has 0 amide bonds. The van der Waals surface area contributed by atoms with E-state index in [-0.39, 0.29) is 0 Å². The lowest BCUT2D eigenvalue weighted by atomic mass is 9.96. The van der Waals surface area contributed by atoms with Crippen molar-refractivity contribution >= 4 is 55.0 Å². The van der Waals surface area contributed by atoms with Crippen molar-refractivity contribution in [2.75, 3.05) is 0 Å². The molecule has 2 aromatic heterocycles. The molecule has 230 valence electrons. The topological polar surface area (TPSA) is 42.4 Å². The predicted molar refractivity (Wildman–Crippen MR) is 203 cm³/mol. The Labute approximate surface area is 288 Å². The second-order valence-corrected chi connectivity index (χ2v) is 12.3. The van der Waals surface area contributed by atoms with Crippen molar-refractivity contribution in [1.29, 1.82) is 5.26 Å². The normalized spacial score (nSPS) is 11.1. The lowest BCUT2D eigenvalue weighted by Gasteiger charge is -2.16. The Balaban J connectivity index is 1.24. The molecule has 0 aliphatic rings. The highest BCUT2D eigenvalue weighted by molar-refractivity contribution is 6.12. The zero-order valence-electron chi connectivity index (χ0n) is 26.7. The van der Waals surface area contributed by atoms with Gasteiger partial charge in [-0.2, -0.15) is 5.26 Å². The molecule has 0 saturated carbocycles. The lowest BCUT2D eigenvalue weighted by Crippen LogP contribution is -1.97. The average Bonchev–Trinajstić information content (AvgIpc) is 3.69. The van der Waals surface area contributed by atoms with Gasteiger partial charge in [-0.15, -0.1) is 0 Å². The summed E-state index contributed by atoms with van der Waals surface area (Å²) in [6.07, 6.45) is 0. The number of hydrogen-bond donors (Lipinski definition) is 0. The molecule has 0 bridgehead atoms. The summed E-state index contributed by atoms with van der Waals surface area (Å²) in [6, 6.07) is 53.4. The number of fused-ring (bicyclic) bond motifs is 6. The number of benzene rings is 7. The Morgan fingerprint density at radius 1 is 0.480 bits per heavy atom. The number of para-hydroxylation sites is 3. The Hall–Kier alpha value is -7.39. The van der Waals surface area contributed by atoms with Crippen LogP contribution >= 0.6 is 0 Å². The van der Waals surface area contributed by atoms with Gasteiger partial charge in [0.25, 0.3) is 0 Å². The molecule has 0 saturated heterocycles. The zero-order chi connectivity index (χ0) is 33.8. The van der Waals surface area contributed by atoms with Gasteiger partial charge < -0.3 is 9.13 Å². The van der Waals surface area contributed by atoms with Crippen molar-refractivity contribution in [3.63, 3.8) is 0 Å². The molecule has 5 heteroatoms. The van der Waals surface area contributed by atoms with Crippen LogP contribution in [0.2, 0.25) is 0 Å². The van der Waals surface area contributed by atoms with Crippen LogP contribution in [-0.4, -0.2) is 9.13 Å². The summed E-state index contributed by atoms with van der Waals surface area (Å²) >= 11 is 0. The van der Waals surface area contributed by atoms with Gasteiger partial charge in [0.1, 0.15) is 0 Å². The van der Waals surface area contributed by atoms with E-state index in [2.05, 4.69) is 116 Å². The van der Waals surface area contributed by atoms with Gasteiger partial charge in [-0.05, 0) is 88.3 Å². The Bertz CT molecular complexity index is 2850. The first kappa shape index (κ1) is 28.8. The maximum absolute atomic E-state index is 9.69. The predicted octanol–water partition coefficient (Wildman–Crippen LogP) is 12.2. The van der Waals surface area contributed by atoms with E-state index in [1.54, 1.807) is 0 Å². The summed E-state index contributed by atoms with van der Waals surface area (Å²) in [7, 11) is 0. The van der Waals surface area contributed by atoms with E-state index in [0.29, 0.717) is 16.9 Å². The van der Waals surface area contributed by atoms with Crippen LogP contribution in [0.4, 0.5) is 11.4 Å². The van der Waals surface area contributed by atoms with Gasteiger partial charge >= 0.3 is 0 Å². The van der Waals surface area contributed by atoms with Gasteiger partial charge in [0.2, 0.25) is 0 Å². The van der Waals surface area contributed by atoms with E-state index >= 15 is 0 Å².